The quantitative estimate of drug-likeness (QED) is 0.797. The van der Waals surface area contributed by atoms with Gasteiger partial charge in [-0.1, -0.05) is 18.2 Å². The van der Waals surface area contributed by atoms with E-state index in [2.05, 4.69) is 21.7 Å². The number of hydrogen-bond acceptors (Lipinski definition) is 4. The van der Waals surface area contributed by atoms with Crippen LogP contribution < -0.4 is 10.1 Å². The Bertz CT molecular complexity index is 442. The van der Waals surface area contributed by atoms with E-state index >= 15 is 0 Å². The minimum Gasteiger partial charge on any atom is -0.496 e. The third kappa shape index (κ3) is 3.54. The van der Waals surface area contributed by atoms with Crippen LogP contribution in [0.1, 0.15) is 11.3 Å². The van der Waals surface area contributed by atoms with Crippen molar-refractivity contribution in [2.45, 2.75) is 13.0 Å². The summed E-state index contributed by atoms with van der Waals surface area (Å²) in [4.78, 5) is 4.23. The maximum atomic E-state index is 5.31. The van der Waals surface area contributed by atoms with Crippen LogP contribution in [0.2, 0.25) is 0 Å². The number of nitrogens with one attached hydrogen (secondary N) is 1. The van der Waals surface area contributed by atoms with Crippen molar-refractivity contribution in [3.8, 4) is 5.75 Å². The van der Waals surface area contributed by atoms with E-state index in [1.165, 1.54) is 5.56 Å². The van der Waals surface area contributed by atoms with Crippen LogP contribution in [0.3, 0.4) is 0 Å². The summed E-state index contributed by atoms with van der Waals surface area (Å²) in [7, 11) is 1.71. The average molecular weight is 248 g/mol. The predicted molar refractivity (Wildman–Crippen MR) is 70.5 cm³/mol. The molecule has 0 amide bonds. The van der Waals surface area contributed by atoms with Crippen molar-refractivity contribution < 1.29 is 4.74 Å². The lowest BCUT2D eigenvalue weighted by Gasteiger charge is -2.08. The molecule has 1 heterocycles. The molecule has 0 radical (unpaired) electrons. The number of methoxy groups -OCH3 is 1. The molecule has 3 nitrogen and oxygen atoms in total. The van der Waals surface area contributed by atoms with E-state index in [0.29, 0.717) is 0 Å². The fraction of sp³-hybridized carbons (Fsp3) is 0.308. The molecule has 17 heavy (non-hydrogen) atoms. The van der Waals surface area contributed by atoms with Gasteiger partial charge in [0.05, 0.1) is 18.3 Å². The second kappa shape index (κ2) is 6.37. The van der Waals surface area contributed by atoms with Crippen molar-refractivity contribution in [1.29, 1.82) is 0 Å². The first-order valence-corrected chi connectivity index (χ1v) is 6.54. The minimum atomic E-state index is 0.832. The molecule has 0 aliphatic rings. The number of rotatable bonds is 6. The lowest BCUT2D eigenvalue weighted by atomic mass is 10.1. The summed E-state index contributed by atoms with van der Waals surface area (Å²) in [5.41, 5.74) is 4.20. The zero-order chi connectivity index (χ0) is 11.9. The molecule has 0 aliphatic carbocycles. The lowest BCUT2D eigenvalue weighted by Crippen LogP contribution is -2.17. The fourth-order valence-corrected chi connectivity index (χ4v) is 2.23. The fourth-order valence-electron chi connectivity index (χ4n) is 1.67. The first kappa shape index (κ1) is 12.1. The Hall–Kier alpha value is -1.39. The number of nitrogens with zero attached hydrogens (tertiary/aromatic N) is 1. The summed E-state index contributed by atoms with van der Waals surface area (Å²) in [6, 6.07) is 8.13. The number of benzene rings is 1. The van der Waals surface area contributed by atoms with E-state index < -0.39 is 0 Å². The molecule has 90 valence electrons. The van der Waals surface area contributed by atoms with Gasteiger partial charge in [0, 0.05) is 11.9 Å². The Kier molecular flexibility index (Phi) is 4.53. The third-order valence-corrected chi connectivity index (χ3v) is 3.19. The van der Waals surface area contributed by atoms with Crippen molar-refractivity contribution in [1.82, 2.24) is 10.3 Å². The first-order valence-electron chi connectivity index (χ1n) is 5.60. The van der Waals surface area contributed by atoms with Gasteiger partial charge in [0.1, 0.15) is 5.75 Å². The van der Waals surface area contributed by atoms with Crippen molar-refractivity contribution in [3.05, 3.63) is 46.4 Å². The molecule has 1 N–H and O–H groups in total. The molecular formula is C13H16N2OS. The third-order valence-electron chi connectivity index (χ3n) is 2.55. The van der Waals surface area contributed by atoms with Crippen LogP contribution in [0.25, 0.3) is 0 Å². The second-order valence-electron chi connectivity index (χ2n) is 3.72. The highest BCUT2D eigenvalue weighted by Gasteiger charge is 2.01. The Morgan fingerprint density at radius 2 is 2.24 bits per heavy atom. The molecular weight excluding hydrogens is 232 g/mol. The topological polar surface area (TPSA) is 34.1 Å². The van der Waals surface area contributed by atoms with Crippen LogP contribution in [0.5, 0.6) is 5.75 Å². The maximum Gasteiger partial charge on any atom is 0.122 e. The number of ether oxygens (including phenoxy) is 1. The molecule has 0 fully saturated rings. The zero-order valence-corrected chi connectivity index (χ0v) is 10.7. The SMILES string of the molecule is COc1ccccc1CCNCc1cscn1. The van der Waals surface area contributed by atoms with Crippen LogP contribution in [0.15, 0.2) is 35.2 Å². The molecule has 0 atom stereocenters. The summed E-state index contributed by atoms with van der Waals surface area (Å²) >= 11 is 1.63. The largest absolute Gasteiger partial charge is 0.496 e. The van der Waals surface area contributed by atoms with E-state index in [0.717, 1.165) is 31.0 Å². The summed E-state index contributed by atoms with van der Waals surface area (Å²) in [5.74, 6) is 0.961. The van der Waals surface area contributed by atoms with Crippen molar-refractivity contribution in [2.24, 2.45) is 0 Å². The van der Waals surface area contributed by atoms with Crippen LogP contribution in [0, 0.1) is 0 Å². The first-order chi connectivity index (χ1) is 8.40. The molecule has 0 spiro atoms. The molecule has 0 unspecified atom stereocenters. The highest BCUT2D eigenvalue weighted by atomic mass is 32.1. The minimum absolute atomic E-state index is 0.832. The summed E-state index contributed by atoms with van der Waals surface area (Å²) in [6.45, 7) is 1.76. The van der Waals surface area contributed by atoms with Crippen LogP contribution in [-0.4, -0.2) is 18.6 Å². The highest BCUT2D eigenvalue weighted by Crippen LogP contribution is 2.17. The van der Waals surface area contributed by atoms with E-state index in [1.54, 1.807) is 18.4 Å². The van der Waals surface area contributed by atoms with Gasteiger partial charge in [-0.15, -0.1) is 11.3 Å². The zero-order valence-electron chi connectivity index (χ0n) is 9.85. The van der Waals surface area contributed by atoms with Crippen molar-refractivity contribution >= 4 is 11.3 Å². The van der Waals surface area contributed by atoms with E-state index in [-0.39, 0.29) is 0 Å². The van der Waals surface area contributed by atoms with Gasteiger partial charge >= 0.3 is 0 Å². The van der Waals surface area contributed by atoms with Gasteiger partial charge in [0.15, 0.2) is 0 Å². The van der Waals surface area contributed by atoms with Gasteiger partial charge < -0.3 is 10.1 Å². The number of para-hydroxylation sites is 1. The highest BCUT2D eigenvalue weighted by molar-refractivity contribution is 7.07. The van der Waals surface area contributed by atoms with Crippen LogP contribution in [0.4, 0.5) is 0 Å². The standard InChI is InChI=1S/C13H16N2OS/c1-16-13-5-3-2-4-11(13)6-7-14-8-12-9-17-10-15-12/h2-5,9-10,14H,6-8H2,1H3. The van der Waals surface area contributed by atoms with Crippen LogP contribution >= 0.6 is 11.3 Å². The number of thiazole rings is 1. The second-order valence-corrected chi connectivity index (χ2v) is 4.44. The van der Waals surface area contributed by atoms with Gasteiger partial charge in [0.25, 0.3) is 0 Å². The molecule has 1 aromatic carbocycles. The molecule has 0 bridgehead atoms. The van der Waals surface area contributed by atoms with Gasteiger partial charge in [-0.2, -0.15) is 0 Å². The van der Waals surface area contributed by atoms with E-state index in [4.69, 9.17) is 4.74 Å². The Morgan fingerprint density at radius 1 is 1.35 bits per heavy atom. The molecule has 0 aliphatic heterocycles. The molecule has 2 rings (SSSR count). The number of aromatic nitrogens is 1. The normalized spacial score (nSPS) is 10.4. The predicted octanol–water partition coefficient (Wildman–Crippen LogP) is 2.48. The summed E-state index contributed by atoms with van der Waals surface area (Å²) < 4.78 is 5.31. The Labute approximate surface area is 105 Å². The van der Waals surface area contributed by atoms with E-state index in [9.17, 15) is 0 Å². The van der Waals surface area contributed by atoms with Crippen molar-refractivity contribution in [3.63, 3.8) is 0 Å². The molecule has 1 aromatic heterocycles. The Morgan fingerprint density at radius 3 is 3.00 bits per heavy atom. The van der Waals surface area contributed by atoms with E-state index in [1.807, 2.05) is 23.7 Å². The summed E-state index contributed by atoms with van der Waals surface area (Å²) in [6.07, 6.45) is 0.966. The molecule has 0 saturated heterocycles. The summed E-state index contributed by atoms with van der Waals surface area (Å²) in [5, 5.41) is 5.44. The van der Waals surface area contributed by atoms with Gasteiger partial charge in [-0.3, -0.25) is 0 Å². The van der Waals surface area contributed by atoms with Gasteiger partial charge in [0.2, 0.25) is 0 Å². The average Bonchev–Trinajstić information content (AvgIpc) is 2.88. The molecule has 2 aromatic rings. The van der Waals surface area contributed by atoms with Crippen molar-refractivity contribution in [2.75, 3.05) is 13.7 Å². The van der Waals surface area contributed by atoms with Gasteiger partial charge in [-0.25, -0.2) is 4.98 Å². The van der Waals surface area contributed by atoms with Crippen LogP contribution in [-0.2, 0) is 13.0 Å². The Balaban J connectivity index is 1.78. The molecule has 0 saturated carbocycles. The maximum absolute atomic E-state index is 5.31. The number of hydrogen-bond donors (Lipinski definition) is 1. The smallest absolute Gasteiger partial charge is 0.122 e. The van der Waals surface area contributed by atoms with Gasteiger partial charge in [-0.05, 0) is 24.6 Å². The monoisotopic (exact) mass is 248 g/mol. The lowest BCUT2D eigenvalue weighted by molar-refractivity contribution is 0.409. The molecule has 4 heteroatoms.